The van der Waals surface area contributed by atoms with E-state index in [2.05, 4.69) is 0 Å². The third-order valence-corrected chi connectivity index (χ3v) is 4.05. The summed E-state index contributed by atoms with van der Waals surface area (Å²) in [4.78, 5) is 25.0. The molecule has 0 radical (unpaired) electrons. The van der Waals surface area contributed by atoms with Crippen LogP contribution in [0.15, 0.2) is 24.3 Å². The number of aliphatic carboxylic acids is 1. The Balaban J connectivity index is 1.73. The normalized spacial score (nSPS) is 17.4. The van der Waals surface area contributed by atoms with E-state index >= 15 is 0 Å². The molecule has 1 saturated heterocycles. The van der Waals surface area contributed by atoms with Gasteiger partial charge in [0.1, 0.15) is 17.5 Å². The summed E-state index contributed by atoms with van der Waals surface area (Å²) in [5.74, 6) is 0.517. The van der Waals surface area contributed by atoms with Gasteiger partial charge in [-0.3, -0.25) is 4.79 Å². The van der Waals surface area contributed by atoms with Crippen molar-refractivity contribution in [3.8, 4) is 11.5 Å². The number of carboxylic acids is 1. The van der Waals surface area contributed by atoms with Crippen molar-refractivity contribution in [2.45, 2.75) is 45.1 Å². The highest BCUT2D eigenvalue weighted by atomic mass is 16.5. The lowest BCUT2D eigenvalue weighted by Crippen LogP contribution is -2.47. The van der Waals surface area contributed by atoms with Crippen molar-refractivity contribution < 1.29 is 24.2 Å². The first kappa shape index (κ1) is 18.1. The SMILES string of the molecule is CCOc1ccc(OCCCC(=O)N2CCCCC2C(=O)O)cc1. The van der Waals surface area contributed by atoms with Crippen LogP contribution in [-0.2, 0) is 9.59 Å². The summed E-state index contributed by atoms with van der Waals surface area (Å²) < 4.78 is 11.0. The Morgan fingerprint density at radius 3 is 2.46 bits per heavy atom. The fourth-order valence-corrected chi connectivity index (χ4v) is 2.84. The van der Waals surface area contributed by atoms with Crippen LogP contribution >= 0.6 is 0 Å². The summed E-state index contributed by atoms with van der Waals surface area (Å²) in [5.41, 5.74) is 0. The van der Waals surface area contributed by atoms with E-state index in [-0.39, 0.29) is 5.91 Å². The van der Waals surface area contributed by atoms with Crippen LogP contribution in [0.5, 0.6) is 11.5 Å². The number of carboxylic acid groups (broad SMARTS) is 1. The molecule has 2 rings (SSSR count). The zero-order valence-electron chi connectivity index (χ0n) is 14.1. The topological polar surface area (TPSA) is 76.1 Å². The Morgan fingerprint density at radius 2 is 1.83 bits per heavy atom. The molecule has 1 fully saturated rings. The zero-order chi connectivity index (χ0) is 17.4. The number of likely N-dealkylation sites (tertiary alicyclic amines) is 1. The molecule has 0 spiro atoms. The first-order valence-electron chi connectivity index (χ1n) is 8.49. The maximum Gasteiger partial charge on any atom is 0.326 e. The molecule has 1 N–H and O–H groups in total. The molecule has 1 atom stereocenters. The van der Waals surface area contributed by atoms with Gasteiger partial charge in [0.15, 0.2) is 0 Å². The van der Waals surface area contributed by atoms with Gasteiger partial charge in [0.2, 0.25) is 5.91 Å². The highest BCUT2D eigenvalue weighted by Gasteiger charge is 2.31. The second-order valence-corrected chi connectivity index (χ2v) is 5.79. The van der Waals surface area contributed by atoms with E-state index in [4.69, 9.17) is 9.47 Å². The second kappa shape index (κ2) is 9.15. The molecule has 0 bridgehead atoms. The van der Waals surface area contributed by atoms with E-state index < -0.39 is 12.0 Å². The Morgan fingerprint density at radius 1 is 1.17 bits per heavy atom. The molecule has 1 aliphatic heterocycles. The summed E-state index contributed by atoms with van der Waals surface area (Å²) >= 11 is 0. The Labute approximate surface area is 142 Å². The molecule has 1 aromatic carbocycles. The van der Waals surface area contributed by atoms with Gasteiger partial charge in [-0.05, 0) is 56.9 Å². The number of rotatable bonds is 8. The van der Waals surface area contributed by atoms with Crippen LogP contribution in [0.2, 0.25) is 0 Å². The Bertz CT molecular complexity index is 543. The molecule has 6 nitrogen and oxygen atoms in total. The number of ether oxygens (including phenoxy) is 2. The Hall–Kier alpha value is -2.24. The Kier molecular flexibility index (Phi) is 6.90. The predicted octanol–water partition coefficient (Wildman–Crippen LogP) is 2.71. The molecule has 1 amide bonds. The third-order valence-electron chi connectivity index (χ3n) is 4.05. The van der Waals surface area contributed by atoms with Crippen LogP contribution in [-0.4, -0.2) is 47.7 Å². The van der Waals surface area contributed by atoms with Gasteiger partial charge in [0.05, 0.1) is 13.2 Å². The molecule has 1 aliphatic rings. The first-order chi connectivity index (χ1) is 11.6. The van der Waals surface area contributed by atoms with Crippen molar-refractivity contribution in [2.75, 3.05) is 19.8 Å². The summed E-state index contributed by atoms with van der Waals surface area (Å²) in [5, 5.41) is 9.21. The molecule has 1 aromatic rings. The van der Waals surface area contributed by atoms with E-state index in [1.165, 1.54) is 4.90 Å². The number of piperidine rings is 1. The molecule has 1 unspecified atom stereocenters. The van der Waals surface area contributed by atoms with E-state index in [9.17, 15) is 14.7 Å². The quantitative estimate of drug-likeness (QED) is 0.739. The molecular formula is C18H25NO5. The van der Waals surface area contributed by atoms with Crippen LogP contribution in [0.3, 0.4) is 0 Å². The number of carbonyl (C=O) groups excluding carboxylic acids is 1. The minimum absolute atomic E-state index is 0.0996. The molecule has 0 aromatic heterocycles. The van der Waals surface area contributed by atoms with Gasteiger partial charge in [0, 0.05) is 13.0 Å². The van der Waals surface area contributed by atoms with Crippen LogP contribution in [0.4, 0.5) is 0 Å². The smallest absolute Gasteiger partial charge is 0.326 e. The molecule has 1 heterocycles. The van der Waals surface area contributed by atoms with Crippen LogP contribution in [0.1, 0.15) is 39.0 Å². The molecule has 6 heteroatoms. The lowest BCUT2D eigenvalue weighted by Gasteiger charge is -2.33. The number of nitrogens with zero attached hydrogens (tertiary/aromatic N) is 1. The van der Waals surface area contributed by atoms with Gasteiger partial charge >= 0.3 is 5.97 Å². The lowest BCUT2D eigenvalue weighted by atomic mass is 10.0. The fourth-order valence-electron chi connectivity index (χ4n) is 2.84. The summed E-state index contributed by atoms with van der Waals surface area (Å²) in [7, 11) is 0. The highest BCUT2D eigenvalue weighted by molar-refractivity contribution is 5.83. The van der Waals surface area contributed by atoms with Crippen LogP contribution < -0.4 is 9.47 Å². The fraction of sp³-hybridized carbons (Fsp3) is 0.556. The van der Waals surface area contributed by atoms with Crippen molar-refractivity contribution in [1.29, 1.82) is 0 Å². The highest BCUT2D eigenvalue weighted by Crippen LogP contribution is 2.20. The summed E-state index contributed by atoms with van der Waals surface area (Å²) in [6.45, 7) is 3.51. The molecular weight excluding hydrogens is 310 g/mol. The van der Waals surface area contributed by atoms with Gasteiger partial charge in [-0.2, -0.15) is 0 Å². The van der Waals surface area contributed by atoms with Crippen LogP contribution in [0, 0.1) is 0 Å². The average molecular weight is 335 g/mol. The van der Waals surface area contributed by atoms with Crippen molar-refractivity contribution in [2.24, 2.45) is 0 Å². The zero-order valence-corrected chi connectivity index (χ0v) is 14.1. The van der Waals surface area contributed by atoms with Crippen molar-refractivity contribution in [1.82, 2.24) is 4.90 Å². The first-order valence-corrected chi connectivity index (χ1v) is 8.49. The average Bonchev–Trinajstić information content (AvgIpc) is 2.60. The van der Waals surface area contributed by atoms with Gasteiger partial charge in [-0.25, -0.2) is 4.79 Å². The van der Waals surface area contributed by atoms with Gasteiger partial charge in [-0.15, -0.1) is 0 Å². The number of benzene rings is 1. The second-order valence-electron chi connectivity index (χ2n) is 5.79. The minimum Gasteiger partial charge on any atom is -0.494 e. The van der Waals surface area contributed by atoms with Gasteiger partial charge in [-0.1, -0.05) is 0 Å². The summed E-state index contributed by atoms with van der Waals surface area (Å²) in [6, 6.07) is 6.68. The molecule has 24 heavy (non-hydrogen) atoms. The summed E-state index contributed by atoms with van der Waals surface area (Å²) in [6.07, 6.45) is 3.15. The maximum absolute atomic E-state index is 12.2. The van der Waals surface area contributed by atoms with E-state index in [1.54, 1.807) is 0 Å². The predicted molar refractivity (Wildman–Crippen MR) is 89.3 cm³/mol. The molecule has 132 valence electrons. The monoisotopic (exact) mass is 335 g/mol. The van der Waals surface area contributed by atoms with Gasteiger partial charge < -0.3 is 19.5 Å². The van der Waals surface area contributed by atoms with Crippen molar-refractivity contribution in [3.05, 3.63) is 24.3 Å². The molecule has 0 aliphatic carbocycles. The van der Waals surface area contributed by atoms with E-state index in [0.717, 1.165) is 24.3 Å². The van der Waals surface area contributed by atoms with Gasteiger partial charge in [0.25, 0.3) is 0 Å². The largest absolute Gasteiger partial charge is 0.494 e. The number of amides is 1. The van der Waals surface area contributed by atoms with Crippen LogP contribution in [0.25, 0.3) is 0 Å². The third kappa shape index (κ3) is 5.15. The number of hydrogen-bond acceptors (Lipinski definition) is 4. The van der Waals surface area contributed by atoms with E-state index in [0.29, 0.717) is 39.0 Å². The minimum atomic E-state index is -0.909. The number of carbonyl (C=O) groups is 2. The number of hydrogen-bond donors (Lipinski definition) is 1. The maximum atomic E-state index is 12.2. The molecule has 0 saturated carbocycles. The van der Waals surface area contributed by atoms with E-state index in [1.807, 2.05) is 31.2 Å². The van der Waals surface area contributed by atoms with Crippen molar-refractivity contribution >= 4 is 11.9 Å². The van der Waals surface area contributed by atoms with Crippen molar-refractivity contribution in [3.63, 3.8) is 0 Å². The standard InChI is InChI=1S/C18H25NO5/c1-2-23-14-8-10-15(11-9-14)24-13-5-7-17(20)19-12-4-3-6-16(19)18(21)22/h8-11,16H,2-7,12-13H2,1H3,(H,21,22). The lowest BCUT2D eigenvalue weighted by molar-refractivity contribution is -0.152.